The average molecular weight is 444 g/mol. The molecule has 31 heavy (non-hydrogen) atoms. The van der Waals surface area contributed by atoms with Crippen LogP contribution in [0.4, 0.5) is 5.69 Å². The molecule has 2 unspecified atom stereocenters. The Hall–Kier alpha value is -2.01. The van der Waals surface area contributed by atoms with Crippen molar-refractivity contribution < 1.29 is 4.63 Å². The monoisotopic (exact) mass is 443 g/mol. The lowest BCUT2D eigenvalue weighted by Crippen LogP contribution is -2.00. The zero-order valence-electron chi connectivity index (χ0n) is 20.7. The number of aromatic nitrogens is 2. The minimum atomic E-state index is 0.766. The van der Waals surface area contributed by atoms with Crippen LogP contribution in [0.5, 0.6) is 0 Å². The normalized spacial score (nSPS) is 12.3. The molecule has 2 aromatic carbocycles. The summed E-state index contributed by atoms with van der Waals surface area (Å²) in [4.78, 5) is 2.23. The fourth-order valence-electron chi connectivity index (χ4n) is 3.07. The lowest BCUT2D eigenvalue weighted by Gasteiger charge is -2.12. The van der Waals surface area contributed by atoms with Gasteiger partial charge in [0.25, 0.3) is 0 Å². The van der Waals surface area contributed by atoms with Crippen LogP contribution in [0.25, 0.3) is 11.0 Å². The van der Waals surface area contributed by atoms with Gasteiger partial charge >= 0.3 is 0 Å². The Morgan fingerprint density at radius 2 is 1.45 bits per heavy atom. The Morgan fingerprint density at radius 3 is 1.97 bits per heavy atom. The van der Waals surface area contributed by atoms with Crippen LogP contribution in [0, 0.1) is 11.8 Å². The Bertz CT molecular complexity index is 853. The lowest BCUT2D eigenvalue weighted by molar-refractivity contribution is 0.315. The highest BCUT2D eigenvalue weighted by atomic mass is 32.2. The summed E-state index contributed by atoms with van der Waals surface area (Å²) in [6, 6.07) is 12.6. The Balaban J connectivity index is 0.000000372. The van der Waals surface area contributed by atoms with Crippen LogP contribution in [0.2, 0.25) is 0 Å². The van der Waals surface area contributed by atoms with Crippen molar-refractivity contribution in [3.05, 3.63) is 42.0 Å². The van der Waals surface area contributed by atoms with Crippen LogP contribution >= 0.6 is 11.8 Å². The number of rotatable bonds is 8. The first-order chi connectivity index (χ1) is 15.0. The SMILES string of the molecule is CC.CCC(C)CC(C)CC.CCc1ccc(Sc2ccc(NC)c3nonc23)cc1. The van der Waals surface area contributed by atoms with E-state index in [1.807, 2.05) is 33.0 Å². The number of anilines is 1. The molecule has 0 fully saturated rings. The maximum absolute atomic E-state index is 4.87. The highest BCUT2D eigenvalue weighted by Crippen LogP contribution is 2.35. The second-order valence-corrected chi connectivity index (χ2v) is 8.80. The van der Waals surface area contributed by atoms with Crippen molar-refractivity contribution in [1.29, 1.82) is 0 Å². The molecule has 0 saturated heterocycles. The van der Waals surface area contributed by atoms with E-state index in [-0.39, 0.29) is 0 Å². The van der Waals surface area contributed by atoms with Crippen molar-refractivity contribution in [2.24, 2.45) is 11.8 Å². The smallest absolute Gasteiger partial charge is 0.159 e. The predicted octanol–water partition coefficient (Wildman–Crippen LogP) is 8.47. The van der Waals surface area contributed by atoms with E-state index in [1.165, 1.54) is 29.7 Å². The fraction of sp³-hybridized carbons (Fsp3) is 0.538. The van der Waals surface area contributed by atoms with E-state index in [2.05, 4.69) is 74.5 Å². The van der Waals surface area contributed by atoms with Gasteiger partial charge in [0.1, 0.15) is 0 Å². The molecule has 1 N–H and O–H groups in total. The second-order valence-electron chi connectivity index (χ2n) is 7.68. The summed E-state index contributed by atoms with van der Waals surface area (Å²) in [7, 11) is 1.86. The van der Waals surface area contributed by atoms with Crippen LogP contribution in [-0.4, -0.2) is 17.4 Å². The zero-order chi connectivity index (χ0) is 23.2. The fourth-order valence-corrected chi connectivity index (χ4v) is 3.96. The molecule has 0 aliphatic rings. The maximum atomic E-state index is 4.87. The van der Waals surface area contributed by atoms with Gasteiger partial charge in [-0.05, 0) is 64.8 Å². The van der Waals surface area contributed by atoms with E-state index in [1.54, 1.807) is 11.8 Å². The molecule has 0 radical (unpaired) electrons. The van der Waals surface area contributed by atoms with Gasteiger partial charge in [0.05, 0.1) is 5.69 Å². The first-order valence-electron chi connectivity index (χ1n) is 11.7. The molecule has 4 nitrogen and oxygen atoms in total. The number of hydrogen-bond donors (Lipinski definition) is 1. The van der Waals surface area contributed by atoms with Gasteiger partial charge in [-0.25, -0.2) is 4.63 Å². The molecule has 172 valence electrons. The maximum Gasteiger partial charge on any atom is 0.159 e. The van der Waals surface area contributed by atoms with Crippen molar-refractivity contribution in [2.75, 3.05) is 12.4 Å². The highest BCUT2D eigenvalue weighted by Gasteiger charge is 2.12. The molecule has 0 aliphatic heterocycles. The molecule has 0 spiro atoms. The predicted molar refractivity (Wildman–Crippen MR) is 136 cm³/mol. The van der Waals surface area contributed by atoms with E-state index >= 15 is 0 Å². The van der Waals surface area contributed by atoms with Crippen molar-refractivity contribution in [3.63, 3.8) is 0 Å². The third-order valence-electron chi connectivity index (χ3n) is 5.41. The molecule has 3 aromatic rings. The molecule has 1 aromatic heterocycles. The third-order valence-corrected chi connectivity index (χ3v) is 6.46. The van der Waals surface area contributed by atoms with Crippen LogP contribution < -0.4 is 5.32 Å². The van der Waals surface area contributed by atoms with Gasteiger partial charge in [0.15, 0.2) is 11.0 Å². The minimum absolute atomic E-state index is 0.766. The van der Waals surface area contributed by atoms with Gasteiger partial charge in [-0.3, -0.25) is 0 Å². The van der Waals surface area contributed by atoms with Crippen molar-refractivity contribution in [2.45, 2.75) is 83.9 Å². The molecule has 0 amide bonds. The van der Waals surface area contributed by atoms with Gasteiger partial charge in [-0.1, -0.05) is 85.2 Å². The summed E-state index contributed by atoms with van der Waals surface area (Å²) < 4.78 is 4.87. The standard InChI is InChI=1S/C15H15N3OS.C9H20.C2H6/c1-3-10-4-6-11(7-5-10)20-13-9-8-12(16-2)14-15(13)18-19-17-14;1-5-8(3)7-9(4)6-2;1-2/h4-9,16H,3H2,1-2H3;8-9H,5-7H2,1-4H3;1-2H3. The largest absolute Gasteiger partial charge is 0.386 e. The van der Waals surface area contributed by atoms with E-state index < -0.39 is 0 Å². The van der Waals surface area contributed by atoms with E-state index in [0.717, 1.165) is 39.9 Å². The molecule has 5 heteroatoms. The Kier molecular flexibility index (Phi) is 13.0. The number of hydrogen-bond acceptors (Lipinski definition) is 5. The number of nitrogens with zero attached hydrogens (tertiary/aromatic N) is 2. The van der Waals surface area contributed by atoms with Crippen molar-refractivity contribution >= 4 is 28.5 Å². The molecule has 3 rings (SSSR count). The molecule has 2 atom stereocenters. The first-order valence-corrected chi connectivity index (χ1v) is 12.5. The lowest BCUT2D eigenvalue weighted by atomic mass is 9.94. The Labute approximate surface area is 193 Å². The summed E-state index contributed by atoms with van der Waals surface area (Å²) in [5.41, 5.74) is 3.82. The summed E-state index contributed by atoms with van der Waals surface area (Å²) in [5, 5.41) is 11.1. The minimum Gasteiger partial charge on any atom is -0.386 e. The summed E-state index contributed by atoms with van der Waals surface area (Å²) in [6.07, 6.45) is 5.14. The molecule has 0 saturated carbocycles. The third kappa shape index (κ3) is 8.56. The van der Waals surface area contributed by atoms with Gasteiger partial charge in [-0.2, -0.15) is 0 Å². The quantitative estimate of drug-likeness (QED) is 0.378. The summed E-state index contributed by atoms with van der Waals surface area (Å²) in [6.45, 7) is 15.4. The van der Waals surface area contributed by atoms with Crippen LogP contribution in [0.1, 0.15) is 73.3 Å². The highest BCUT2D eigenvalue weighted by molar-refractivity contribution is 7.99. The summed E-state index contributed by atoms with van der Waals surface area (Å²) in [5.74, 6) is 1.86. The van der Waals surface area contributed by atoms with Gasteiger partial charge in [-0.15, -0.1) is 0 Å². The van der Waals surface area contributed by atoms with Crippen LogP contribution in [-0.2, 0) is 6.42 Å². The van der Waals surface area contributed by atoms with E-state index in [4.69, 9.17) is 4.63 Å². The number of aryl methyl sites for hydroxylation is 1. The van der Waals surface area contributed by atoms with E-state index in [0.29, 0.717) is 0 Å². The second kappa shape index (κ2) is 14.9. The number of fused-ring (bicyclic) bond motifs is 1. The molecule has 0 bridgehead atoms. The van der Waals surface area contributed by atoms with Crippen molar-refractivity contribution in [3.8, 4) is 0 Å². The Morgan fingerprint density at radius 1 is 0.871 bits per heavy atom. The average Bonchev–Trinajstić information content (AvgIpc) is 3.32. The van der Waals surface area contributed by atoms with Gasteiger partial charge in [0.2, 0.25) is 0 Å². The zero-order valence-corrected chi connectivity index (χ0v) is 21.5. The van der Waals surface area contributed by atoms with Gasteiger partial charge in [0, 0.05) is 16.8 Å². The van der Waals surface area contributed by atoms with E-state index in [9.17, 15) is 0 Å². The van der Waals surface area contributed by atoms with Crippen LogP contribution in [0.15, 0.2) is 50.8 Å². The molecular formula is C26H41N3OS. The van der Waals surface area contributed by atoms with Crippen molar-refractivity contribution in [1.82, 2.24) is 10.3 Å². The number of nitrogens with one attached hydrogen (secondary N) is 1. The molecule has 1 heterocycles. The van der Waals surface area contributed by atoms with Gasteiger partial charge < -0.3 is 5.32 Å². The first kappa shape index (κ1) is 27.0. The number of benzene rings is 2. The van der Waals surface area contributed by atoms with Crippen LogP contribution in [0.3, 0.4) is 0 Å². The molecular weight excluding hydrogens is 402 g/mol. The molecule has 0 aliphatic carbocycles. The topological polar surface area (TPSA) is 51.0 Å². The summed E-state index contributed by atoms with van der Waals surface area (Å²) >= 11 is 1.67.